The van der Waals surface area contributed by atoms with Gasteiger partial charge in [0.2, 0.25) is 5.91 Å². The molecule has 0 unspecified atom stereocenters. The van der Waals surface area contributed by atoms with E-state index in [0.717, 1.165) is 0 Å². The predicted octanol–water partition coefficient (Wildman–Crippen LogP) is 0.395. The number of rotatable bonds is 2. The molecule has 0 aromatic carbocycles. The van der Waals surface area contributed by atoms with Gasteiger partial charge >= 0.3 is 0 Å². The molecule has 15 heavy (non-hydrogen) atoms. The molecule has 0 spiro atoms. The van der Waals surface area contributed by atoms with Crippen LogP contribution in [0.25, 0.3) is 0 Å². The van der Waals surface area contributed by atoms with Gasteiger partial charge in [0.25, 0.3) is 0 Å². The van der Waals surface area contributed by atoms with Gasteiger partial charge in [0.1, 0.15) is 6.54 Å². The van der Waals surface area contributed by atoms with Crippen molar-refractivity contribution in [2.75, 3.05) is 20.6 Å². The van der Waals surface area contributed by atoms with Crippen molar-refractivity contribution in [3.05, 3.63) is 0 Å². The summed E-state index contributed by atoms with van der Waals surface area (Å²) in [5.74, 6) is 0.233. The molecule has 0 aromatic rings. The second kappa shape index (κ2) is 6.86. The van der Waals surface area contributed by atoms with Crippen molar-refractivity contribution in [2.45, 2.75) is 26.3 Å². The van der Waals surface area contributed by atoms with Crippen molar-refractivity contribution < 1.29 is 4.79 Å². The Kier molecular flexibility index (Phi) is 7.72. The largest absolute Gasteiger partial charge is 0.370 e. The molecular formula is C9H21IN4O. The molecule has 0 fully saturated rings. The molecule has 0 bridgehead atoms. The minimum absolute atomic E-state index is 0. The lowest BCUT2D eigenvalue weighted by molar-refractivity contribution is -0.127. The van der Waals surface area contributed by atoms with E-state index >= 15 is 0 Å². The van der Waals surface area contributed by atoms with Crippen LogP contribution >= 0.6 is 24.0 Å². The van der Waals surface area contributed by atoms with Crippen molar-refractivity contribution in [3.63, 3.8) is 0 Å². The monoisotopic (exact) mass is 328 g/mol. The van der Waals surface area contributed by atoms with Crippen LogP contribution in [0.4, 0.5) is 0 Å². The normalized spacial score (nSPS) is 11.7. The van der Waals surface area contributed by atoms with Gasteiger partial charge in [-0.15, -0.1) is 24.0 Å². The van der Waals surface area contributed by atoms with Gasteiger partial charge in [-0.3, -0.25) is 4.79 Å². The molecule has 0 atom stereocenters. The minimum Gasteiger partial charge on any atom is -0.370 e. The molecule has 0 aliphatic heterocycles. The molecule has 3 N–H and O–H groups in total. The van der Waals surface area contributed by atoms with Crippen LogP contribution in [-0.2, 0) is 4.79 Å². The van der Waals surface area contributed by atoms with E-state index in [0.29, 0.717) is 5.96 Å². The fourth-order valence-electron chi connectivity index (χ4n) is 0.718. The Labute approximate surface area is 109 Å². The zero-order chi connectivity index (χ0) is 11.4. The standard InChI is InChI=1S/C9H20N4O.HI/c1-9(2,3)12-8(10)11-6-7(14)13(4)5;/h6H2,1-5H3,(H3,10,11,12);1H. The van der Waals surface area contributed by atoms with Crippen molar-refractivity contribution >= 4 is 35.8 Å². The lowest BCUT2D eigenvalue weighted by Crippen LogP contribution is -2.45. The fourth-order valence-corrected chi connectivity index (χ4v) is 0.718. The summed E-state index contributed by atoms with van der Waals surface area (Å²) in [4.78, 5) is 16.6. The quantitative estimate of drug-likeness (QED) is 0.438. The van der Waals surface area contributed by atoms with Gasteiger partial charge in [0.15, 0.2) is 5.96 Å². The summed E-state index contributed by atoms with van der Waals surface area (Å²) in [6.07, 6.45) is 0. The maximum Gasteiger partial charge on any atom is 0.243 e. The highest BCUT2D eigenvalue weighted by atomic mass is 127. The molecule has 0 aliphatic rings. The molecule has 0 heterocycles. The first kappa shape index (κ1) is 16.9. The number of likely N-dealkylation sites (N-methyl/N-ethyl adjacent to an activating group) is 1. The van der Waals surface area contributed by atoms with Gasteiger partial charge in [-0.05, 0) is 20.8 Å². The number of nitrogens with one attached hydrogen (secondary N) is 1. The zero-order valence-corrected chi connectivity index (χ0v) is 12.3. The van der Waals surface area contributed by atoms with E-state index in [4.69, 9.17) is 5.73 Å². The Morgan fingerprint density at radius 3 is 2.20 bits per heavy atom. The topological polar surface area (TPSA) is 70.7 Å². The Bertz CT molecular complexity index is 233. The molecule has 0 saturated heterocycles. The highest BCUT2D eigenvalue weighted by molar-refractivity contribution is 14.0. The average molecular weight is 328 g/mol. The summed E-state index contributed by atoms with van der Waals surface area (Å²) < 4.78 is 0. The Morgan fingerprint density at radius 1 is 1.40 bits per heavy atom. The number of amides is 1. The average Bonchev–Trinajstić information content (AvgIpc) is 1.96. The molecule has 0 radical (unpaired) electrons. The highest BCUT2D eigenvalue weighted by Crippen LogP contribution is 1.96. The number of hydrogen-bond acceptors (Lipinski definition) is 2. The number of carbonyl (C=O) groups excluding carboxylic acids is 1. The van der Waals surface area contributed by atoms with Crippen LogP contribution in [0, 0.1) is 0 Å². The maximum atomic E-state index is 11.1. The third kappa shape index (κ3) is 9.77. The summed E-state index contributed by atoms with van der Waals surface area (Å²) in [6.45, 7) is 6.01. The van der Waals surface area contributed by atoms with E-state index in [1.807, 2.05) is 20.8 Å². The summed E-state index contributed by atoms with van der Waals surface area (Å²) in [7, 11) is 3.37. The van der Waals surface area contributed by atoms with Crippen molar-refractivity contribution in [3.8, 4) is 0 Å². The van der Waals surface area contributed by atoms with E-state index in [2.05, 4.69) is 10.3 Å². The number of aliphatic imine (C=N–C) groups is 1. The first-order valence-electron chi connectivity index (χ1n) is 4.50. The fraction of sp³-hybridized carbons (Fsp3) is 0.778. The Balaban J connectivity index is 0. The second-order valence-electron chi connectivity index (χ2n) is 4.36. The Morgan fingerprint density at radius 2 is 1.87 bits per heavy atom. The van der Waals surface area contributed by atoms with Gasteiger partial charge in [-0.2, -0.15) is 0 Å². The van der Waals surface area contributed by atoms with Crippen LogP contribution in [0.2, 0.25) is 0 Å². The Hall–Kier alpha value is -0.530. The maximum absolute atomic E-state index is 11.1. The molecule has 1 amide bonds. The van der Waals surface area contributed by atoms with Crippen molar-refractivity contribution in [2.24, 2.45) is 10.7 Å². The first-order chi connectivity index (χ1) is 6.22. The molecule has 0 aromatic heterocycles. The van der Waals surface area contributed by atoms with Crippen LogP contribution in [0.3, 0.4) is 0 Å². The third-order valence-corrected chi connectivity index (χ3v) is 1.39. The predicted molar refractivity (Wildman–Crippen MR) is 73.5 cm³/mol. The van der Waals surface area contributed by atoms with E-state index in [-0.39, 0.29) is 42.0 Å². The lowest BCUT2D eigenvalue weighted by atomic mass is 10.1. The van der Waals surface area contributed by atoms with Crippen LogP contribution in [-0.4, -0.2) is 42.9 Å². The first-order valence-corrected chi connectivity index (χ1v) is 4.50. The SMILES string of the molecule is CN(C)C(=O)CN=C(N)NC(C)(C)C.I. The van der Waals surface area contributed by atoms with E-state index in [1.165, 1.54) is 4.90 Å². The summed E-state index contributed by atoms with van der Waals surface area (Å²) in [5.41, 5.74) is 5.45. The molecule has 0 saturated carbocycles. The number of halogens is 1. The number of nitrogens with two attached hydrogens (primary N) is 1. The molecular weight excluding hydrogens is 307 g/mol. The summed E-state index contributed by atoms with van der Waals surface area (Å²) >= 11 is 0. The third-order valence-electron chi connectivity index (χ3n) is 1.39. The second-order valence-corrected chi connectivity index (χ2v) is 4.36. The van der Waals surface area contributed by atoms with Gasteiger partial charge < -0.3 is 16.0 Å². The molecule has 5 nitrogen and oxygen atoms in total. The number of hydrogen-bond donors (Lipinski definition) is 2. The lowest BCUT2D eigenvalue weighted by Gasteiger charge is -2.21. The molecule has 0 aliphatic carbocycles. The van der Waals surface area contributed by atoms with Crippen LogP contribution < -0.4 is 11.1 Å². The van der Waals surface area contributed by atoms with Gasteiger partial charge in [-0.1, -0.05) is 0 Å². The minimum atomic E-state index is -0.130. The van der Waals surface area contributed by atoms with Gasteiger partial charge in [-0.25, -0.2) is 4.99 Å². The molecule has 90 valence electrons. The van der Waals surface area contributed by atoms with Crippen LogP contribution in [0.5, 0.6) is 0 Å². The number of carbonyl (C=O) groups is 1. The summed E-state index contributed by atoms with van der Waals surface area (Å²) in [5, 5.41) is 2.97. The van der Waals surface area contributed by atoms with E-state index in [1.54, 1.807) is 14.1 Å². The summed E-state index contributed by atoms with van der Waals surface area (Å²) in [6, 6.07) is 0. The molecule has 6 heteroatoms. The van der Waals surface area contributed by atoms with E-state index < -0.39 is 0 Å². The number of nitrogens with zero attached hydrogens (tertiary/aromatic N) is 2. The van der Waals surface area contributed by atoms with Crippen molar-refractivity contribution in [1.82, 2.24) is 10.2 Å². The van der Waals surface area contributed by atoms with Crippen LogP contribution in [0.15, 0.2) is 4.99 Å². The van der Waals surface area contributed by atoms with Gasteiger partial charge in [0.05, 0.1) is 0 Å². The van der Waals surface area contributed by atoms with Crippen molar-refractivity contribution in [1.29, 1.82) is 0 Å². The number of guanidine groups is 1. The smallest absolute Gasteiger partial charge is 0.243 e. The van der Waals surface area contributed by atoms with E-state index in [9.17, 15) is 4.79 Å². The van der Waals surface area contributed by atoms with Gasteiger partial charge in [0, 0.05) is 19.6 Å². The zero-order valence-electron chi connectivity index (χ0n) is 10.00. The van der Waals surface area contributed by atoms with Crippen LogP contribution in [0.1, 0.15) is 20.8 Å². The molecule has 0 rings (SSSR count). The highest BCUT2D eigenvalue weighted by Gasteiger charge is 2.10.